The molecule has 1 unspecified atom stereocenters. The summed E-state index contributed by atoms with van der Waals surface area (Å²) in [6, 6.07) is 0. The second-order valence-electron chi connectivity index (χ2n) is 2.90. The van der Waals surface area contributed by atoms with Crippen molar-refractivity contribution in [1.29, 1.82) is 0 Å². The molecule has 0 aliphatic carbocycles. The zero-order chi connectivity index (χ0) is 10.9. The van der Waals surface area contributed by atoms with E-state index in [-0.39, 0.29) is 42.8 Å². The molecule has 1 atom stereocenters. The quantitative estimate of drug-likeness (QED) is 0.290. The Morgan fingerprint density at radius 1 is 1.20 bits per heavy atom. The first-order chi connectivity index (χ1) is 6.62. The fourth-order valence-electron chi connectivity index (χ4n) is 0.972. The Labute approximate surface area is 114 Å². The van der Waals surface area contributed by atoms with Crippen LogP contribution in [0.2, 0.25) is 0 Å². The number of phosphoric acid groups is 1. The molecule has 5 nitrogen and oxygen atoms in total. The van der Waals surface area contributed by atoms with Gasteiger partial charge in [-0.2, -0.15) is 0 Å². The second-order valence-corrected chi connectivity index (χ2v) is 4.31. The van der Waals surface area contributed by atoms with Crippen LogP contribution in [0.4, 0.5) is 0 Å². The van der Waals surface area contributed by atoms with E-state index in [4.69, 9.17) is 5.73 Å². The first kappa shape index (κ1) is 18.4. The van der Waals surface area contributed by atoms with E-state index >= 15 is 0 Å². The summed E-state index contributed by atoms with van der Waals surface area (Å²) in [5.41, 5.74) is 5.31. The van der Waals surface area contributed by atoms with Crippen molar-refractivity contribution < 1.29 is 48.1 Å². The van der Waals surface area contributed by atoms with Gasteiger partial charge in [0.2, 0.25) is 0 Å². The largest absolute Gasteiger partial charge is 1.00 e. The molecule has 0 fully saturated rings. The first-order valence-corrected chi connectivity index (χ1v) is 6.38. The van der Waals surface area contributed by atoms with Crippen LogP contribution in [-0.2, 0) is 13.6 Å². The van der Waals surface area contributed by atoms with Crippen molar-refractivity contribution >= 4 is 7.82 Å². The molecule has 0 rings (SSSR count). The summed E-state index contributed by atoms with van der Waals surface area (Å²) in [6.45, 7) is 2.61. The Kier molecular flexibility index (Phi) is 14.2. The van der Waals surface area contributed by atoms with Gasteiger partial charge in [-0.1, -0.05) is 12.8 Å². The van der Waals surface area contributed by atoms with Gasteiger partial charge < -0.3 is 19.7 Å². The Balaban J connectivity index is 0. The number of nitrogens with two attached hydrogens (primary N) is 1. The molecule has 0 saturated heterocycles. The Morgan fingerprint density at radius 2 is 1.80 bits per heavy atom. The third kappa shape index (κ3) is 13.0. The molecular weight excluding hydrogens is 228 g/mol. The minimum Gasteiger partial charge on any atom is -0.756 e. The third-order valence-electron chi connectivity index (χ3n) is 1.64. The van der Waals surface area contributed by atoms with Crippen molar-refractivity contribution in [2.24, 2.45) is 5.73 Å². The van der Waals surface area contributed by atoms with Crippen LogP contribution < -0.4 is 40.2 Å². The summed E-state index contributed by atoms with van der Waals surface area (Å²) in [5, 5.41) is 0. The zero-order valence-electron chi connectivity index (χ0n) is 9.61. The zero-order valence-corrected chi connectivity index (χ0v) is 12.5. The molecule has 0 spiro atoms. The van der Waals surface area contributed by atoms with Crippen molar-refractivity contribution in [2.75, 3.05) is 19.8 Å². The average Bonchev–Trinajstić information content (AvgIpc) is 2.11. The maximum absolute atomic E-state index is 10.9. The van der Waals surface area contributed by atoms with Crippen LogP contribution in [0.1, 0.15) is 32.6 Å². The molecule has 86 valence electrons. The van der Waals surface area contributed by atoms with E-state index < -0.39 is 7.82 Å². The number of unbranched alkanes of at least 4 members (excludes halogenated alkanes) is 3. The summed E-state index contributed by atoms with van der Waals surface area (Å²) in [5.74, 6) is 0. The van der Waals surface area contributed by atoms with E-state index in [9.17, 15) is 9.46 Å². The molecule has 0 aromatic rings. The van der Waals surface area contributed by atoms with E-state index in [0.29, 0.717) is 6.54 Å². The van der Waals surface area contributed by atoms with Crippen LogP contribution >= 0.6 is 7.82 Å². The molecule has 0 amide bonds. The third-order valence-corrected chi connectivity index (χ3v) is 2.71. The molecule has 15 heavy (non-hydrogen) atoms. The van der Waals surface area contributed by atoms with E-state index in [1.165, 1.54) is 0 Å². The van der Waals surface area contributed by atoms with Crippen LogP contribution in [0.25, 0.3) is 0 Å². The summed E-state index contributed by atoms with van der Waals surface area (Å²) in [7, 11) is -4.02. The van der Waals surface area contributed by atoms with Gasteiger partial charge in [0.1, 0.15) is 0 Å². The molecule has 0 radical (unpaired) electrons. The number of rotatable bonds is 9. The summed E-state index contributed by atoms with van der Waals surface area (Å²) < 4.78 is 19.9. The van der Waals surface area contributed by atoms with Crippen LogP contribution in [0, 0.1) is 0 Å². The monoisotopic (exact) mass is 247 g/mol. The standard InChI is InChI=1S/C8H20NO4P.Na/c1-2-12-14(10,11)13-8-6-4-3-5-7-9;/h2-9H2,1H3,(H,10,11);/q;+1/p-1. The molecule has 7 heteroatoms. The summed E-state index contributed by atoms with van der Waals surface area (Å²) >= 11 is 0. The SMILES string of the molecule is CCOP(=O)([O-])OCCCCCCN.[Na+]. The molecule has 2 N–H and O–H groups in total. The maximum Gasteiger partial charge on any atom is 1.00 e. The fourth-order valence-corrected chi connectivity index (χ4v) is 1.72. The van der Waals surface area contributed by atoms with Crippen molar-refractivity contribution in [2.45, 2.75) is 32.6 Å². The Bertz CT molecular complexity index is 182. The minimum atomic E-state index is -4.02. The molecule has 0 aromatic carbocycles. The van der Waals surface area contributed by atoms with Gasteiger partial charge in [0, 0.05) is 0 Å². The summed E-state index contributed by atoms with van der Waals surface area (Å²) in [6.07, 6.45) is 3.64. The van der Waals surface area contributed by atoms with E-state index in [0.717, 1.165) is 25.7 Å². The van der Waals surface area contributed by atoms with E-state index in [1.807, 2.05) is 0 Å². The molecular formula is C8H19NNaO4P. The number of hydrogen-bond donors (Lipinski definition) is 1. The normalized spacial score (nSPS) is 14.3. The molecule has 0 aliphatic heterocycles. The molecule has 0 saturated carbocycles. The fraction of sp³-hybridized carbons (Fsp3) is 1.00. The van der Waals surface area contributed by atoms with Gasteiger partial charge in [-0.25, -0.2) is 0 Å². The van der Waals surface area contributed by atoms with E-state index in [2.05, 4.69) is 9.05 Å². The Morgan fingerprint density at radius 3 is 2.33 bits per heavy atom. The van der Waals surface area contributed by atoms with Gasteiger partial charge >= 0.3 is 29.6 Å². The van der Waals surface area contributed by atoms with Gasteiger partial charge in [0.05, 0.1) is 13.2 Å². The minimum absolute atomic E-state index is 0. The van der Waals surface area contributed by atoms with Crippen molar-refractivity contribution in [1.82, 2.24) is 0 Å². The number of hydrogen-bond acceptors (Lipinski definition) is 5. The van der Waals surface area contributed by atoms with Crippen LogP contribution in [0.3, 0.4) is 0 Å². The van der Waals surface area contributed by atoms with Gasteiger partial charge in [-0.3, -0.25) is 4.57 Å². The average molecular weight is 247 g/mol. The van der Waals surface area contributed by atoms with Crippen molar-refractivity contribution in [3.8, 4) is 0 Å². The number of phosphoric ester groups is 1. The molecule has 0 heterocycles. The van der Waals surface area contributed by atoms with Gasteiger partial charge in [0.15, 0.2) is 0 Å². The van der Waals surface area contributed by atoms with Crippen molar-refractivity contribution in [3.63, 3.8) is 0 Å². The van der Waals surface area contributed by atoms with Gasteiger partial charge in [0.25, 0.3) is 7.82 Å². The second kappa shape index (κ2) is 11.6. The smallest absolute Gasteiger partial charge is 0.756 e. The van der Waals surface area contributed by atoms with E-state index in [1.54, 1.807) is 6.92 Å². The molecule has 0 aliphatic rings. The van der Waals surface area contributed by atoms with Crippen LogP contribution in [-0.4, -0.2) is 19.8 Å². The van der Waals surface area contributed by atoms with Gasteiger partial charge in [-0.05, 0) is 26.3 Å². The van der Waals surface area contributed by atoms with Crippen LogP contribution in [0.15, 0.2) is 0 Å². The van der Waals surface area contributed by atoms with Gasteiger partial charge in [-0.15, -0.1) is 0 Å². The maximum atomic E-state index is 10.9. The molecule has 0 aromatic heterocycles. The van der Waals surface area contributed by atoms with Crippen LogP contribution in [0.5, 0.6) is 0 Å². The Hall–Kier alpha value is 1.07. The summed E-state index contributed by atoms with van der Waals surface area (Å²) in [4.78, 5) is 10.9. The predicted octanol–water partition coefficient (Wildman–Crippen LogP) is -1.97. The molecule has 0 bridgehead atoms. The topological polar surface area (TPSA) is 84.6 Å². The van der Waals surface area contributed by atoms with Crippen molar-refractivity contribution in [3.05, 3.63) is 0 Å². The first-order valence-electron chi connectivity index (χ1n) is 4.92. The predicted molar refractivity (Wildman–Crippen MR) is 52.7 cm³/mol.